The zero-order chi connectivity index (χ0) is 15.5. The van der Waals surface area contributed by atoms with Gasteiger partial charge in [-0.1, -0.05) is 17.7 Å². The molecule has 0 saturated heterocycles. The number of rotatable bonds is 4. The van der Waals surface area contributed by atoms with Gasteiger partial charge < -0.3 is 4.74 Å². The Morgan fingerprint density at radius 3 is 2.48 bits per heavy atom. The highest BCUT2D eigenvalue weighted by atomic mass is 32.2. The highest BCUT2D eigenvalue weighted by Crippen LogP contribution is 2.20. The number of carbonyl (C=O) groups is 1. The van der Waals surface area contributed by atoms with Gasteiger partial charge in [-0.2, -0.15) is 0 Å². The quantitative estimate of drug-likeness (QED) is 0.873. The van der Waals surface area contributed by atoms with E-state index < -0.39 is 16.0 Å². The third-order valence-electron chi connectivity index (χ3n) is 2.80. The van der Waals surface area contributed by atoms with E-state index in [4.69, 9.17) is 0 Å². The smallest absolute Gasteiger partial charge is 0.340 e. The first kappa shape index (κ1) is 15.0. The molecule has 1 aromatic heterocycles. The minimum absolute atomic E-state index is 0.0740. The largest absolute Gasteiger partial charge is 0.465 e. The Bertz CT molecular complexity index is 755. The van der Waals surface area contributed by atoms with Crippen molar-refractivity contribution in [3.8, 4) is 0 Å². The lowest BCUT2D eigenvalue weighted by molar-refractivity contribution is 0.0602. The molecule has 0 bridgehead atoms. The Labute approximate surface area is 122 Å². The van der Waals surface area contributed by atoms with E-state index in [2.05, 4.69) is 14.4 Å². The molecule has 0 fully saturated rings. The molecule has 1 heterocycles. The maximum atomic E-state index is 12.3. The molecule has 0 saturated carbocycles. The Kier molecular flexibility index (Phi) is 4.23. The van der Waals surface area contributed by atoms with E-state index in [1.54, 1.807) is 12.1 Å². The molecule has 0 aliphatic rings. The van der Waals surface area contributed by atoms with Crippen molar-refractivity contribution in [1.82, 2.24) is 4.98 Å². The Morgan fingerprint density at radius 1 is 1.19 bits per heavy atom. The first-order valence-electron chi connectivity index (χ1n) is 6.06. The first-order chi connectivity index (χ1) is 9.94. The molecule has 0 unspecified atom stereocenters. The third-order valence-corrected chi connectivity index (χ3v) is 4.18. The van der Waals surface area contributed by atoms with E-state index >= 15 is 0 Å². The maximum Gasteiger partial charge on any atom is 0.340 e. The third kappa shape index (κ3) is 3.38. The molecule has 0 aliphatic carbocycles. The summed E-state index contributed by atoms with van der Waals surface area (Å²) in [6.45, 7) is 1.86. The molecule has 110 valence electrons. The number of pyridine rings is 1. The monoisotopic (exact) mass is 306 g/mol. The second-order valence-electron chi connectivity index (χ2n) is 4.33. The molecule has 7 heteroatoms. The van der Waals surface area contributed by atoms with Crippen LogP contribution in [0.1, 0.15) is 15.9 Å². The van der Waals surface area contributed by atoms with Crippen LogP contribution >= 0.6 is 0 Å². The number of anilines is 1. The Hall–Kier alpha value is -2.41. The van der Waals surface area contributed by atoms with E-state index in [9.17, 15) is 13.2 Å². The van der Waals surface area contributed by atoms with Crippen molar-refractivity contribution in [2.75, 3.05) is 11.8 Å². The average Bonchev–Trinajstić information content (AvgIpc) is 2.47. The topological polar surface area (TPSA) is 85.4 Å². The molecule has 0 radical (unpaired) electrons. The van der Waals surface area contributed by atoms with E-state index in [1.807, 2.05) is 6.92 Å². The molecule has 2 aromatic rings. The summed E-state index contributed by atoms with van der Waals surface area (Å²) in [5, 5.41) is 0. The molecule has 0 aliphatic heterocycles. The fraction of sp³-hybridized carbons (Fsp3) is 0.143. The molecule has 6 nitrogen and oxygen atoms in total. The minimum Gasteiger partial charge on any atom is -0.465 e. The summed E-state index contributed by atoms with van der Waals surface area (Å²) in [6, 6.07) is 7.76. The van der Waals surface area contributed by atoms with Gasteiger partial charge in [-0.25, -0.2) is 13.2 Å². The van der Waals surface area contributed by atoms with Crippen LogP contribution in [-0.2, 0) is 14.8 Å². The van der Waals surface area contributed by atoms with Crippen molar-refractivity contribution in [2.24, 2.45) is 0 Å². The van der Waals surface area contributed by atoms with Gasteiger partial charge in [-0.05, 0) is 25.1 Å². The number of ether oxygens (including phenoxy) is 1. The van der Waals surface area contributed by atoms with Crippen LogP contribution in [0.25, 0.3) is 0 Å². The molecule has 0 amide bonds. The van der Waals surface area contributed by atoms with Gasteiger partial charge in [0, 0.05) is 6.20 Å². The minimum atomic E-state index is -3.79. The second-order valence-corrected chi connectivity index (χ2v) is 6.01. The van der Waals surface area contributed by atoms with Crippen molar-refractivity contribution in [3.05, 3.63) is 53.9 Å². The van der Waals surface area contributed by atoms with Gasteiger partial charge in [-0.15, -0.1) is 0 Å². The lowest BCUT2D eigenvalue weighted by Crippen LogP contribution is -2.16. The number of methoxy groups -OCH3 is 1. The van der Waals surface area contributed by atoms with Crippen LogP contribution in [0, 0.1) is 6.92 Å². The summed E-state index contributed by atoms with van der Waals surface area (Å²) in [5.41, 5.74) is 1.12. The van der Waals surface area contributed by atoms with Crippen LogP contribution in [0.2, 0.25) is 0 Å². The van der Waals surface area contributed by atoms with Crippen LogP contribution < -0.4 is 4.72 Å². The molecule has 21 heavy (non-hydrogen) atoms. The molecule has 1 N–H and O–H groups in total. The standard InChI is InChI=1S/C14H14N2O4S/c1-10-3-5-11(6-4-10)21(18,19)16-13-9-15-8-7-12(13)14(17)20-2/h3-9,16H,1-2H3. The SMILES string of the molecule is COC(=O)c1ccncc1NS(=O)(=O)c1ccc(C)cc1. The van der Waals surface area contributed by atoms with Gasteiger partial charge in [0.2, 0.25) is 0 Å². The zero-order valence-corrected chi connectivity index (χ0v) is 12.3. The fourth-order valence-electron chi connectivity index (χ4n) is 1.68. The number of nitrogens with one attached hydrogen (secondary N) is 1. The summed E-state index contributed by atoms with van der Waals surface area (Å²) < 4.78 is 31.5. The summed E-state index contributed by atoms with van der Waals surface area (Å²) in [5.74, 6) is -0.640. The number of aryl methyl sites for hydroxylation is 1. The van der Waals surface area contributed by atoms with Crippen LogP contribution in [0.4, 0.5) is 5.69 Å². The van der Waals surface area contributed by atoms with Crippen LogP contribution in [0.15, 0.2) is 47.6 Å². The van der Waals surface area contributed by atoms with Gasteiger partial charge in [0.15, 0.2) is 0 Å². The molecule has 0 spiro atoms. The molecule has 2 rings (SSSR count). The molecular weight excluding hydrogens is 292 g/mol. The number of nitrogens with zero attached hydrogens (tertiary/aromatic N) is 1. The highest BCUT2D eigenvalue weighted by molar-refractivity contribution is 7.92. The predicted octanol–water partition coefficient (Wildman–Crippen LogP) is 1.98. The number of aromatic nitrogens is 1. The summed E-state index contributed by atoms with van der Waals surface area (Å²) in [7, 11) is -2.57. The lowest BCUT2D eigenvalue weighted by Gasteiger charge is -2.11. The van der Waals surface area contributed by atoms with Gasteiger partial charge in [-0.3, -0.25) is 9.71 Å². The summed E-state index contributed by atoms with van der Waals surface area (Å²) >= 11 is 0. The fourth-order valence-corrected chi connectivity index (χ4v) is 2.75. The van der Waals surface area contributed by atoms with Gasteiger partial charge in [0.1, 0.15) is 0 Å². The number of hydrogen-bond acceptors (Lipinski definition) is 5. The predicted molar refractivity (Wildman–Crippen MR) is 77.6 cm³/mol. The molecule has 0 atom stereocenters. The Balaban J connectivity index is 2.37. The van der Waals surface area contributed by atoms with Crippen molar-refractivity contribution < 1.29 is 17.9 Å². The number of hydrogen-bond donors (Lipinski definition) is 1. The van der Waals surface area contributed by atoms with Crippen molar-refractivity contribution in [3.63, 3.8) is 0 Å². The zero-order valence-electron chi connectivity index (χ0n) is 11.5. The van der Waals surface area contributed by atoms with E-state index in [1.165, 1.54) is 37.7 Å². The van der Waals surface area contributed by atoms with Gasteiger partial charge >= 0.3 is 5.97 Å². The lowest BCUT2D eigenvalue weighted by atomic mass is 10.2. The summed E-state index contributed by atoms with van der Waals surface area (Å²) in [4.78, 5) is 15.5. The van der Waals surface area contributed by atoms with E-state index in [-0.39, 0.29) is 16.1 Å². The molecular formula is C14H14N2O4S. The van der Waals surface area contributed by atoms with Crippen molar-refractivity contribution >= 4 is 21.7 Å². The Morgan fingerprint density at radius 2 is 1.86 bits per heavy atom. The number of sulfonamides is 1. The van der Waals surface area contributed by atoms with Crippen LogP contribution in [0.3, 0.4) is 0 Å². The first-order valence-corrected chi connectivity index (χ1v) is 7.54. The molecule has 1 aromatic carbocycles. The van der Waals surface area contributed by atoms with Crippen molar-refractivity contribution in [1.29, 1.82) is 0 Å². The normalized spacial score (nSPS) is 11.0. The second kappa shape index (κ2) is 5.92. The van der Waals surface area contributed by atoms with Gasteiger partial charge in [0.25, 0.3) is 10.0 Å². The number of benzene rings is 1. The van der Waals surface area contributed by atoms with E-state index in [0.29, 0.717) is 0 Å². The van der Waals surface area contributed by atoms with Gasteiger partial charge in [0.05, 0.1) is 29.5 Å². The highest BCUT2D eigenvalue weighted by Gasteiger charge is 2.19. The maximum absolute atomic E-state index is 12.3. The van der Waals surface area contributed by atoms with Crippen LogP contribution in [-0.4, -0.2) is 26.5 Å². The van der Waals surface area contributed by atoms with E-state index in [0.717, 1.165) is 5.56 Å². The average molecular weight is 306 g/mol. The summed E-state index contributed by atoms with van der Waals surface area (Å²) in [6.07, 6.45) is 2.65. The van der Waals surface area contributed by atoms with Crippen LogP contribution in [0.5, 0.6) is 0 Å². The number of esters is 1. The van der Waals surface area contributed by atoms with Crippen molar-refractivity contribution in [2.45, 2.75) is 11.8 Å². The number of carbonyl (C=O) groups excluding carboxylic acids is 1.